The molecule has 0 saturated heterocycles. The Kier molecular flexibility index (Phi) is 7.86. The smallest absolute Gasteiger partial charge is 0.235 e. The van der Waals surface area contributed by atoms with E-state index in [0.717, 1.165) is 0 Å². The first-order chi connectivity index (χ1) is 13.8. The van der Waals surface area contributed by atoms with Crippen LogP contribution < -0.4 is 10.6 Å². The Morgan fingerprint density at radius 1 is 0.966 bits per heavy atom. The maximum absolute atomic E-state index is 13.1. The Morgan fingerprint density at radius 3 is 2.24 bits per heavy atom. The van der Waals surface area contributed by atoms with E-state index in [4.69, 9.17) is 5.26 Å². The number of rotatable bonds is 9. The Balaban J connectivity index is 1.70. The van der Waals surface area contributed by atoms with Crippen molar-refractivity contribution in [1.82, 2.24) is 10.6 Å². The summed E-state index contributed by atoms with van der Waals surface area (Å²) in [6.07, 6.45) is 0.00464. The van der Waals surface area contributed by atoms with E-state index in [-0.39, 0.29) is 31.2 Å². The van der Waals surface area contributed by atoms with Crippen LogP contribution in [0.3, 0.4) is 0 Å². The summed E-state index contributed by atoms with van der Waals surface area (Å²) in [6, 6.07) is 13.7. The number of halogens is 1. The number of nitrogens with one attached hydrogen (secondary N) is 2. The van der Waals surface area contributed by atoms with Crippen LogP contribution in [0.2, 0.25) is 0 Å². The van der Waals surface area contributed by atoms with E-state index in [1.807, 2.05) is 6.07 Å². The van der Waals surface area contributed by atoms with Crippen LogP contribution in [0.4, 0.5) is 4.39 Å². The molecule has 0 aliphatic carbocycles. The molecule has 29 heavy (non-hydrogen) atoms. The Hall–Kier alpha value is -3.25. The Morgan fingerprint density at radius 2 is 1.62 bits per heavy atom. The molecular weight excluding hydrogens is 397 g/mol. The van der Waals surface area contributed by atoms with Crippen LogP contribution in [0, 0.1) is 17.1 Å². The molecule has 152 valence electrons. The quantitative estimate of drug-likeness (QED) is 0.593. The number of amides is 2. The van der Waals surface area contributed by atoms with Gasteiger partial charge in [0.25, 0.3) is 0 Å². The molecule has 0 spiro atoms. The van der Waals surface area contributed by atoms with Crippen LogP contribution in [-0.2, 0) is 31.6 Å². The van der Waals surface area contributed by atoms with Crippen molar-refractivity contribution in [2.45, 2.75) is 12.2 Å². The van der Waals surface area contributed by atoms with Gasteiger partial charge < -0.3 is 10.6 Å². The molecule has 2 aromatic carbocycles. The number of nitriles is 1. The van der Waals surface area contributed by atoms with Gasteiger partial charge in [-0.15, -0.1) is 0 Å². The standard InChI is InChI=1S/C20H20FN3O4S/c21-18-3-1-2-17(10-18)11-19(25)23-8-9-24-20(26)14-29(27,28)13-16-6-4-15(12-22)5-7-16/h1-7,10H,8-9,11,13-14H2,(H,23,25)(H,24,26). The predicted octanol–water partition coefficient (Wildman–Crippen LogP) is 1.09. The monoisotopic (exact) mass is 417 g/mol. The molecule has 0 aliphatic rings. The third-order valence-electron chi connectivity index (χ3n) is 3.84. The fourth-order valence-electron chi connectivity index (χ4n) is 2.53. The first-order valence-electron chi connectivity index (χ1n) is 8.75. The van der Waals surface area contributed by atoms with Crippen molar-refractivity contribution in [3.05, 3.63) is 71.0 Å². The molecule has 0 radical (unpaired) electrons. The van der Waals surface area contributed by atoms with Crippen molar-refractivity contribution in [2.75, 3.05) is 18.8 Å². The molecule has 0 aromatic heterocycles. The number of sulfone groups is 1. The summed E-state index contributed by atoms with van der Waals surface area (Å²) in [4.78, 5) is 23.6. The van der Waals surface area contributed by atoms with E-state index >= 15 is 0 Å². The van der Waals surface area contributed by atoms with Crippen LogP contribution in [-0.4, -0.2) is 39.1 Å². The summed E-state index contributed by atoms with van der Waals surface area (Å²) in [7, 11) is -3.67. The summed E-state index contributed by atoms with van der Waals surface area (Å²) >= 11 is 0. The predicted molar refractivity (Wildman–Crippen MR) is 105 cm³/mol. The van der Waals surface area contributed by atoms with Crippen molar-refractivity contribution in [2.24, 2.45) is 0 Å². The molecule has 2 rings (SSSR count). The fourth-order valence-corrected chi connectivity index (χ4v) is 3.83. The van der Waals surface area contributed by atoms with E-state index in [1.165, 1.54) is 42.5 Å². The lowest BCUT2D eigenvalue weighted by atomic mass is 10.1. The molecule has 9 heteroatoms. The van der Waals surface area contributed by atoms with Gasteiger partial charge in [-0.25, -0.2) is 12.8 Å². The third kappa shape index (κ3) is 8.11. The molecule has 0 aliphatic heterocycles. The van der Waals surface area contributed by atoms with Gasteiger partial charge >= 0.3 is 0 Å². The maximum Gasteiger partial charge on any atom is 0.235 e. The fraction of sp³-hybridized carbons (Fsp3) is 0.250. The van der Waals surface area contributed by atoms with Crippen LogP contribution in [0.5, 0.6) is 0 Å². The number of nitrogens with zero attached hydrogens (tertiary/aromatic N) is 1. The van der Waals surface area contributed by atoms with Crippen molar-refractivity contribution < 1.29 is 22.4 Å². The molecule has 0 saturated carbocycles. The van der Waals surface area contributed by atoms with Crippen molar-refractivity contribution in [3.63, 3.8) is 0 Å². The lowest BCUT2D eigenvalue weighted by Crippen LogP contribution is -2.37. The van der Waals surface area contributed by atoms with Gasteiger partial charge in [0.15, 0.2) is 9.84 Å². The van der Waals surface area contributed by atoms with Crippen LogP contribution >= 0.6 is 0 Å². The van der Waals surface area contributed by atoms with E-state index < -0.39 is 27.3 Å². The molecule has 2 amide bonds. The van der Waals surface area contributed by atoms with Gasteiger partial charge in [-0.05, 0) is 35.4 Å². The first-order valence-corrected chi connectivity index (χ1v) is 10.6. The van der Waals surface area contributed by atoms with Gasteiger partial charge in [0.1, 0.15) is 11.6 Å². The molecule has 0 atom stereocenters. The SMILES string of the molecule is N#Cc1ccc(CS(=O)(=O)CC(=O)NCCNC(=O)Cc2cccc(F)c2)cc1. The zero-order valence-electron chi connectivity index (χ0n) is 15.5. The van der Waals surface area contributed by atoms with Gasteiger partial charge in [0.2, 0.25) is 11.8 Å². The van der Waals surface area contributed by atoms with Crippen LogP contribution in [0.1, 0.15) is 16.7 Å². The minimum absolute atomic E-state index is 0.00464. The number of hydrogen-bond acceptors (Lipinski definition) is 5. The third-order valence-corrected chi connectivity index (χ3v) is 5.32. The summed E-state index contributed by atoms with van der Waals surface area (Å²) < 4.78 is 37.3. The number of carbonyl (C=O) groups excluding carboxylic acids is 2. The molecule has 0 fully saturated rings. The molecule has 7 nitrogen and oxygen atoms in total. The van der Waals surface area contributed by atoms with Gasteiger partial charge in [-0.1, -0.05) is 24.3 Å². The Bertz CT molecular complexity index is 1010. The molecule has 0 heterocycles. The second-order valence-corrected chi connectivity index (χ2v) is 8.41. The molecular formula is C20H20FN3O4S. The minimum atomic E-state index is -3.67. The molecule has 2 aromatic rings. The van der Waals surface area contributed by atoms with E-state index in [0.29, 0.717) is 16.7 Å². The second kappa shape index (κ2) is 10.3. The van der Waals surface area contributed by atoms with Crippen LogP contribution in [0.15, 0.2) is 48.5 Å². The number of benzene rings is 2. The van der Waals surface area contributed by atoms with Crippen molar-refractivity contribution in [1.29, 1.82) is 5.26 Å². The number of hydrogen-bond donors (Lipinski definition) is 2. The molecule has 0 bridgehead atoms. The van der Waals surface area contributed by atoms with E-state index in [1.54, 1.807) is 6.07 Å². The van der Waals surface area contributed by atoms with E-state index in [2.05, 4.69) is 10.6 Å². The molecule has 2 N–H and O–H groups in total. The zero-order chi connectivity index (χ0) is 21.3. The highest BCUT2D eigenvalue weighted by atomic mass is 32.2. The van der Waals surface area contributed by atoms with Crippen LogP contribution in [0.25, 0.3) is 0 Å². The number of carbonyl (C=O) groups is 2. The first kappa shape index (κ1) is 22.0. The average molecular weight is 417 g/mol. The summed E-state index contributed by atoms with van der Waals surface area (Å²) in [5.74, 6) is -2.41. The van der Waals surface area contributed by atoms with Crippen molar-refractivity contribution in [3.8, 4) is 6.07 Å². The van der Waals surface area contributed by atoms with Gasteiger partial charge in [0, 0.05) is 13.1 Å². The molecule has 0 unspecified atom stereocenters. The van der Waals surface area contributed by atoms with Gasteiger partial charge in [-0.2, -0.15) is 5.26 Å². The summed E-state index contributed by atoms with van der Waals surface area (Å²) in [6.45, 7) is 0.190. The highest BCUT2D eigenvalue weighted by molar-refractivity contribution is 7.91. The maximum atomic E-state index is 13.1. The minimum Gasteiger partial charge on any atom is -0.354 e. The Labute approximate surface area is 168 Å². The van der Waals surface area contributed by atoms with Crippen molar-refractivity contribution >= 4 is 21.7 Å². The summed E-state index contributed by atoms with van der Waals surface area (Å²) in [5.41, 5.74) is 1.44. The van der Waals surface area contributed by atoms with Gasteiger partial charge in [0.05, 0.1) is 23.8 Å². The average Bonchev–Trinajstić information content (AvgIpc) is 2.65. The van der Waals surface area contributed by atoms with E-state index in [9.17, 15) is 22.4 Å². The largest absolute Gasteiger partial charge is 0.354 e. The van der Waals surface area contributed by atoms with Gasteiger partial charge in [-0.3, -0.25) is 9.59 Å². The lowest BCUT2D eigenvalue weighted by Gasteiger charge is -2.08. The zero-order valence-corrected chi connectivity index (χ0v) is 16.3. The topological polar surface area (TPSA) is 116 Å². The lowest BCUT2D eigenvalue weighted by molar-refractivity contribution is -0.121. The highest BCUT2D eigenvalue weighted by Gasteiger charge is 2.17. The summed E-state index contributed by atoms with van der Waals surface area (Å²) in [5, 5.41) is 13.7. The second-order valence-electron chi connectivity index (χ2n) is 6.35. The highest BCUT2D eigenvalue weighted by Crippen LogP contribution is 2.08. The normalized spacial score (nSPS) is 10.8.